The van der Waals surface area contributed by atoms with Gasteiger partial charge in [0, 0.05) is 11.2 Å². The molecule has 0 radical (unpaired) electrons. The minimum atomic E-state index is -3.76. The van der Waals surface area contributed by atoms with Crippen molar-refractivity contribution in [3.05, 3.63) is 41.2 Å². The fraction of sp³-hybridized carbons (Fsp3) is 0.389. The van der Waals surface area contributed by atoms with E-state index in [2.05, 4.69) is 15.1 Å². The molecule has 0 unspecified atom stereocenters. The summed E-state index contributed by atoms with van der Waals surface area (Å²) in [6.07, 6.45) is 0. The van der Waals surface area contributed by atoms with Crippen LogP contribution in [-0.4, -0.2) is 29.6 Å². The van der Waals surface area contributed by atoms with Gasteiger partial charge in [-0.3, -0.25) is 9.48 Å². The zero-order valence-electron chi connectivity index (χ0n) is 16.0. The molecule has 2 N–H and O–H groups in total. The lowest BCUT2D eigenvalue weighted by Crippen LogP contribution is -2.40. The first-order chi connectivity index (χ1) is 12.4. The van der Waals surface area contributed by atoms with Crippen molar-refractivity contribution < 1.29 is 13.2 Å². The molecule has 0 bridgehead atoms. The Labute approximate surface area is 159 Å². The van der Waals surface area contributed by atoms with Crippen LogP contribution < -0.4 is 10.0 Å². The maximum absolute atomic E-state index is 12.7. The fourth-order valence-electron chi connectivity index (χ4n) is 2.68. The quantitative estimate of drug-likeness (QED) is 0.812. The molecule has 8 nitrogen and oxygen atoms in total. The highest BCUT2D eigenvalue weighted by atomic mass is 32.2. The number of carbonyl (C=O) groups is 1. The molecular formula is C18H23N5O3S. The van der Waals surface area contributed by atoms with Crippen molar-refractivity contribution in [3.63, 3.8) is 0 Å². The molecule has 0 aliphatic rings. The summed E-state index contributed by atoms with van der Waals surface area (Å²) >= 11 is 0. The molecule has 27 heavy (non-hydrogen) atoms. The Balaban J connectivity index is 2.23. The number of carbonyl (C=O) groups excluding carboxylic acids is 1. The Morgan fingerprint density at radius 2 is 1.96 bits per heavy atom. The van der Waals surface area contributed by atoms with E-state index in [1.807, 2.05) is 6.07 Å². The molecule has 1 aromatic heterocycles. The third-order valence-corrected chi connectivity index (χ3v) is 5.60. The normalized spacial score (nSPS) is 11.9. The molecule has 1 amide bonds. The third-order valence-electron chi connectivity index (χ3n) is 3.59. The number of benzene rings is 1. The van der Waals surface area contributed by atoms with Gasteiger partial charge in [-0.05, 0) is 52.8 Å². The molecule has 2 rings (SSSR count). The molecule has 0 atom stereocenters. The number of nitrogens with one attached hydrogen (secondary N) is 2. The van der Waals surface area contributed by atoms with Crippen LogP contribution in [0.15, 0.2) is 29.2 Å². The van der Waals surface area contributed by atoms with E-state index >= 15 is 0 Å². The van der Waals surface area contributed by atoms with Crippen LogP contribution in [0.4, 0.5) is 5.69 Å². The van der Waals surface area contributed by atoms with E-state index in [4.69, 9.17) is 5.26 Å². The van der Waals surface area contributed by atoms with Gasteiger partial charge in [-0.1, -0.05) is 6.07 Å². The Morgan fingerprint density at radius 1 is 1.30 bits per heavy atom. The van der Waals surface area contributed by atoms with Crippen molar-refractivity contribution in [2.24, 2.45) is 0 Å². The van der Waals surface area contributed by atoms with E-state index in [1.54, 1.807) is 58.9 Å². The number of aromatic nitrogens is 2. The van der Waals surface area contributed by atoms with Gasteiger partial charge in [0.25, 0.3) is 0 Å². The lowest BCUT2D eigenvalue weighted by Gasteiger charge is -2.20. The minimum Gasteiger partial charge on any atom is -0.324 e. The molecule has 0 spiro atoms. The maximum atomic E-state index is 12.7. The molecule has 0 saturated heterocycles. The van der Waals surface area contributed by atoms with E-state index in [0.29, 0.717) is 22.6 Å². The lowest BCUT2D eigenvalue weighted by atomic mass is 10.1. The smallest absolute Gasteiger partial charge is 0.246 e. The van der Waals surface area contributed by atoms with Gasteiger partial charge in [0.05, 0.1) is 23.0 Å². The number of anilines is 1. The zero-order valence-corrected chi connectivity index (χ0v) is 16.8. The first-order valence-electron chi connectivity index (χ1n) is 8.31. The van der Waals surface area contributed by atoms with Crippen LogP contribution in [-0.2, 0) is 21.4 Å². The molecule has 2 aromatic rings. The van der Waals surface area contributed by atoms with Crippen LogP contribution in [0.5, 0.6) is 0 Å². The van der Waals surface area contributed by atoms with E-state index in [1.165, 1.54) is 4.68 Å². The van der Waals surface area contributed by atoms with Crippen LogP contribution in [0.3, 0.4) is 0 Å². The average Bonchev–Trinajstić information content (AvgIpc) is 2.79. The first-order valence-corrected chi connectivity index (χ1v) is 9.79. The first kappa shape index (κ1) is 20.6. The van der Waals surface area contributed by atoms with Crippen LogP contribution in [0.25, 0.3) is 0 Å². The van der Waals surface area contributed by atoms with Crippen LogP contribution >= 0.6 is 0 Å². The van der Waals surface area contributed by atoms with E-state index in [0.717, 1.165) is 0 Å². The number of rotatable bonds is 5. The summed E-state index contributed by atoms with van der Waals surface area (Å²) in [4.78, 5) is 12.4. The highest BCUT2D eigenvalue weighted by Gasteiger charge is 2.28. The third kappa shape index (κ3) is 5.15. The van der Waals surface area contributed by atoms with Crippen LogP contribution in [0.1, 0.15) is 37.7 Å². The van der Waals surface area contributed by atoms with Crippen molar-refractivity contribution in [2.75, 3.05) is 5.32 Å². The number of aryl methyl sites for hydroxylation is 1. The number of hydrogen-bond donors (Lipinski definition) is 2. The minimum absolute atomic E-state index is 0.0803. The predicted octanol–water partition coefficient (Wildman–Crippen LogP) is 2.09. The molecule has 0 aliphatic carbocycles. The van der Waals surface area contributed by atoms with Gasteiger partial charge in [-0.25, -0.2) is 13.1 Å². The summed E-state index contributed by atoms with van der Waals surface area (Å²) in [5.74, 6) is -0.372. The summed E-state index contributed by atoms with van der Waals surface area (Å²) in [6, 6.07) is 8.53. The highest BCUT2D eigenvalue weighted by molar-refractivity contribution is 7.89. The Hall–Kier alpha value is -2.70. The van der Waals surface area contributed by atoms with Crippen molar-refractivity contribution >= 4 is 21.6 Å². The van der Waals surface area contributed by atoms with Crippen molar-refractivity contribution in [1.82, 2.24) is 14.5 Å². The van der Waals surface area contributed by atoms with Gasteiger partial charge in [-0.15, -0.1) is 0 Å². The molecule has 1 aromatic carbocycles. The second kappa shape index (κ2) is 7.50. The average molecular weight is 389 g/mol. The zero-order chi connectivity index (χ0) is 20.4. The van der Waals surface area contributed by atoms with E-state index in [-0.39, 0.29) is 17.3 Å². The maximum Gasteiger partial charge on any atom is 0.246 e. The molecule has 0 aliphatic heterocycles. The van der Waals surface area contributed by atoms with Gasteiger partial charge < -0.3 is 5.32 Å². The number of amides is 1. The predicted molar refractivity (Wildman–Crippen MR) is 102 cm³/mol. The Bertz CT molecular complexity index is 1010. The lowest BCUT2D eigenvalue weighted by molar-refractivity contribution is -0.116. The molecule has 0 saturated carbocycles. The van der Waals surface area contributed by atoms with Gasteiger partial charge in [0.1, 0.15) is 11.4 Å². The Morgan fingerprint density at radius 3 is 2.56 bits per heavy atom. The van der Waals surface area contributed by atoms with Gasteiger partial charge in [0.2, 0.25) is 15.9 Å². The SMILES string of the molecule is Cc1nn(CC(=O)Nc2cccc(C#N)c2)c(C)c1S(=O)(=O)NC(C)(C)C. The highest BCUT2D eigenvalue weighted by Crippen LogP contribution is 2.21. The molecule has 0 fully saturated rings. The summed E-state index contributed by atoms with van der Waals surface area (Å²) < 4.78 is 29.3. The monoisotopic (exact) mass is 389 g/mol. The topological polar surface area (TPSA) is 117 Å². The van der Waals surface area contributed by atoms with E-state index < -0.39 is 15.6 Å². The molecule has 1 heterocycles. The van der Waals surface area contributed by atoms with Crippen molar-refractivity contribution in [1.29, 1.82) is 5.26 Å². The largest absolute Gasteiger partial charge is 0.324 e. The number of nitriles is 1. The van der Waals surface area contributed by atoms with Crippen LogP contribution in [0.2, 0.25) is 0 Å². The van der Waals surface area contributed by atoms with Gasteiger partial charge in [-0.2, -0.15) is 10.4 Å². The van der Waals surface area contributed by atoms with Gasteiger partial charge in [0.15, 0.2) is 0 Å². The fourth-order valence-corrected chi connectivity index (χ4v) is 4.51. The summed E-state index contributed by atoms with van der Waals surface area (Å²) in [5.41, 5.74) is 0.986. The summed E-state index contributed by atoms with van der Waals surface area (Å²) in [7, 11) is -3.76. The second-order valence-corrected chi connectivity index (χ2v) is 8.87. The standard InChI is InChI=1S/C18H23N5O3S/c1-12-17(27(25,26)22-18(3,4)5)13(2)23(21-12)11-16(24)20-15-8-6-7-14(9-15)10-19/h6-9,22H,11H2,1-5H3,(H,20,24). The number of sulfonamides is 1. The second-order valence-electron chi connectivity index (χ2n) is 7.25. The van der Waals surface area contributed by atoms with Crippen LogP contribution in [0, 0.1) is 25.2 Å². The van der Waals surface area contributed by atoms with Crippen molar-refractivity contribution in [2.45, 2.75) is 51.6 Å². The summed E-state index contributed by atoms with van der Waals surface area (Å²) in [6.45, 7) is 8.32. The number of nitrogens with zero attached hydrogens (tertiary/aromatic N) is 3. The molecular weight excluding hydrogens is 366 g/mol. The van der Waals surface area contributed by atoms with Crippen molar-refractivity contribution in [3.8, 4) is 6.07 Å². The van der Waals surface area contributed by atoms with Gasteiger partial charge >= 0.3 is 0 Å². The number of hydrogen-bond acceptors (Lipinski definition) is 5. The van der Waals surface area contributed by atoms with E-state index in [9.17, 15) is 13.2 Å². The Kier molecular flexibility index (Phi) is 5.73. The molecule has 9 heteroatoms. The summed E-state index contributed by atoms with van der Waals surface area (Å²) in [5, 5.41) is 15.8. The molecule has 144 valence electrons.